The van der Waals surface area contributed by atoms with Crippen molar-refractivity contribution in [1.29, 1.82) is 0 Å². The van der Waals surface area contributed by atoms with Gasteiger partial charge in [-0.15, -0.1) is 0 Å². The Morgan fingerprint density at radius 1 is 1.28 bits per heavy atom. The predicted molar refractivity (Wildman–Crippen MR) is 82.6 cm³/mol. The maximum absolute atomic E-state index is 5.74. The number of hydrogen-bond acceptors (Lipinski definition) is 3. The van der Waals surface area contributed by atoms with Gasteiger partial charge in [0, 0.05) is 26.2 Å². The van der Waals surface area contributed by atoms with Gasteiger partial charge < -0.3 is 9.64 Å². The van der Waals surface area contributed by atoms with Crippen LogP contribution in [0, 0.1) is 5.41 Å². The van der Waals surface area contributed by atoms with E-state index in [1.54, 1.807) is 0 Å². The summed E-state index contributed by atoms with van der Waals surface area (Å²) >= 11 is 4.66. The monoisotopic (exact) mass is 273 g/mol. The molecule has 1 unspecified atom stereocenters. The van der Waals surface area contributed by atoms with Gasteiger partial charge in [0.15, 0.2) is 0 Å². The van der Waals surface area contributed by atoms with Crippen LogP contribution in [-0.4, -0.2) is 43.0 Å². The molecule has 0 radical (unpaired) electrons. The fourth-order valence-corrected chi connectivity index (χ4v) is 3.67. The van der Waals surface area contributed by atoms with Gasteiger partial charge in [0.2, 0.25) is 0 Å². The Morgan fingerprint density at radius 2 is 1.94 bits per heavy atom. The van der Waals surface area contributed by atoms with Gasteiger partial charge in [0.1, 0.15) is 0 Å². The Hall–Kier alpha value is 0.270. The zero-order chi connectivity index (χ0) is 13.4. The number of ether oxygens (including phenoxy) is 1. The molecule has 0 aromatic rings. The van der Waals surface area contributed by atoms with Gasteiger partial charge >= 0.3 is 0 Å². The topological polar surface area (TPSA) is 12.5 Å². The Labute approximate surface area is 119 Å². The molecular weight excluding hydrogens is 242 g/mol. The van der Waals surface area contributed by atoms with Crippen molar-refractivity contribution in [2.24, 2.45) is 5.41 Å². The lowest BCUT2D eigenvalue weighted by atomic mass is 9.80. The van der Waals surface area contributed by atoms with Crippen LogP contribution in [0.5, 0.6) is 0 Å². The molecule has 1 aliphatic heterocycles. The largest absolute Gasteiger partial charge is 0.377 e. The van der Waals surface area contributed by atoms with Gasteiger partial charge in [-0.05, 0) is 37.4 Å². The van der Waals surface area contributed by atoms with Crippen molar-refractivity contribution in [2.45, 2.75) is 59.0 Å². The summed E-state index contributed by atoms with van der Waals surface area (Å²) < 4.78 is 5.74. The normalized spacial score (nSPS) is 23.0. The summed E-state index contributed by atoms with van der Waals surface area (Å²) in [5.74, 6) is 1.01. The number of hydrogen-bond donors (Lipinski definition) is 1. The van der Waals surface area contributed by atoms with E-state index in [1.807, 2.05) is 0 Å². The molecule has 1 rings (SSSR count). The molecule has 1 aliphatic rings. The van der Waals surface area contributed by atoms with Crippen molar-refractivity contribution in [1.82, 2.24) is 4.90 Å². The Bertz CT molecular complexity index is 217. The minimum atomic E-state index is 0.383. The lowest BCUT2D eigenvalue weighted by molar-refractivity contribution is 0.0588. The maximum Gasteiger partial charge on any atom is 0.0673 e. The van der Waals surface area contributed by atoms with Crippen LogP contribution in [-0.2, 0) is 4.74 Å². The van der Waals surface area contributed by atoms with Crippen LogP contribution in [0.2, 0.25) is 0 Å². The summed E-state index contributed by atoms with van der Waals surface area (Å²) in [6.45, 7) is 11.2. The molecule has 1 heterocycles. The Morgan fingerprint density at radius 3 is 2.50 bits per heavy atom. The van der Waals surface area contributed by atoms with Gasteiger partial charge in [-0.1, -0.05) is 26.7 Å². The van der Waals surface area contributed by atoms with Crippen molar-refractivity contribution >= 4 is 12.6 Å². The maximum atomic E-state index is 5.74. The summed E-state index contributed by atoms with van der Waals surface area (Å²) in [4.78, 5) is 2.61. The van der Waals surface area contributed by atoms with Crippen LogP contribution in [0.3, 0.4) is 0 Å². The first-order valence-electron chi connectivity index (χ1n) is 7.60. The molecule has 1 fully saturated rings. The van der Waals surface area contributed by atoms with Crippen LogP contribution in [0.15, 0.2) is 0 Å². The SMILES string of the molecule is CCCC(CS)(CCC)CN1CCCOC(C)C1. The first-order chi connectivity index (χ1) is 8.65. The zero-order valence-electron chi connectivity index (χ0n) is 12.5. The summed E-state index contributed by atoms with van der Waals surface area (Å²) in [6, 6.07) is 0. The van der Waals surface area contributed by atoms with Gasteiger partial charge in [-0.3, -0.25) is 0 Å². The lowest BCUT2D eigenvalue weighted by Gasteiger charge is -2.37. The molecule has 1 saturated heterocycles. The van der Waals surface area contributed by atoms with E-state index in [0.717, 1.165) is 18.9 Å². The average molecular weight is 273 g/mol. The lowest BCUT2D eigenvalue weighted by Crippen LogP contribution is -2.41. The number of nitrogens with zero attached hydrogens (tertiary/aromatic N) is 1. The van der Waals surface area contributed by atoms with E-state index in [-0.39, 0.29) is 0 Å². The second-order valence-electron chi connectivity index (χ2n) is 5.93. The summed E-state index contributed by atoms with van der Waals surface area (Å²) in [7, 11) is 0. The predicted octanol–water partition coefficient (Wildman–Crippen LogP) is 3.61. The van der Waals surface area contributed by atoms with E-state index < -0.39 is 0 Å². The molecule has 108 valence electrons. The van der Waals surface area contributed by atoms with Crippen molar-refractivity contribution in [3.63, 3.8) is 0 Å². The highest BCUT2D eigenvalue weighted by atomic mass is 32.1. The van der Waals surface area contributed by atoms with E-state index in [1.165, 1.54) is 45.2 Å². The van der Waals surface area contributed by atoms with Crippen LogP contribution in [0.1, 0.15) is 52.9 Å². The van der Waals surface area contributed by atoms with E-state index in [2.05, 4.69) is 38.3 Å². The van der Waals surface area contributed by atoms with Crippen molar-refractivity contribution in [2.75, 3.05) is 32.0 Å². The van der Waals surface area contributed by atoms with Crippen LogP contribution in [0.25, 0.3) is 0 Å². The van der Waals surface area contributed by atoms with Crippen molar-refractivity contribution in [3.05, 3.63) is 0 Å². The number of thiol groups is 1. The third kappa shape index (κ3) is 5.10. The average Bonchev–Trinajstić information content (AvgIpc) is 2.54. The second kappa shape index (κ2) is 8.44. The minimum absolute atomic E-state index is 0.383. The van der Waals surface area contributed by atoms with E-state index in [4.69, 9.17) is 4.74 Å². The van der Waals surface area contributed by atoms with Gasteiger partial charge in [0.05, 0.1) is 6.10 Å². The summed E-state index contributed by atoms with van der Waals surface area (Å²) in [6.07, 6.45) is 6.69. The van der Waals surface area contributed by atoms with Gasteiger partial charge in [-0.25, -0.2) is 0 Å². The molecule has 0 N–H and O–H groups in total. The smallest absolute Gasteiger partial charge is 0.0673 e. The highest BCUT2D eigenvalue weighted by molar-refractivity contribution is 7.80. The number of rotatable bonds is 7. The van der Waals surface area contributed by atoms with Crippen LogP contribution >= 0.6 is 12.6 Å². The molecule has 18 heavy (non-hydrogen) atoms. The molecule has 2 nitrogen and oxygen atoms in total. The Kier molecular flexibility index (Phi) is 7.66. The fourth-order valence-electron chi connectivity index (χ4n) is 3.25. The van der Waals surface area contributed by atoms with Gasteiger partial charge in [0.25, 0.3) is 0 Å². The standard InChI is InChI=1S/C15H31NOS/c1-4-7-15(13-18,8-5-2)12-16-9-6-10-17-14(3)11-16/h14,18H,4-13H2,1-3H3. The highest BCUT2D eigenvalue weighted by Crippen LogP contribution is 2.32. The van der Waals surface area contributed by atoms with E-state index in [0.29, 0.717) is 11.5 Å². The molecule has 0 amide bonds. The molecule has 0 aliphatic carbocycles. The minimum Gasteiger partial charge on any atom is -0.377 e. The van der Waals surface area contributed by atoms with Gasteiger partial charge in [-0.2, -0.15) is 12.6 Å². The third-order valence-electron chi connectivity index (χ3n) is 3.99. The molecule has 1 atom stereocenters. The highest BCUT2D eigenvalue weighted by Gasteiger charge is 2.30. The zero-order valence-corrected chi connectivity index (χ0v) is 13.3. The molecule has 3 heteroatoms. The molecule has 0 saturated carbocycles. The molecule has 0 aromatic carbocycles. The van der Waals surface area contributed by atoms with Crippen LogP contribution < -0.4 is 0 Å². The van der Waals surface area contributed by atoms with Crippen molar-refractivity contribution in [3.8, 4) is 0 Å². The van der Waals surface area contributed by atoms with E-state index in [9.17, 15) is 0 Å². The summed E-state index contributed by atoms with van der Waals surface area (Å²) in [5, 5.41) is 0. The first kappa shape index (κ1) is 16.3. The molecule has 0 aromatic heterocycles. The van der Waals surface area contributed by atoms with Crippen molar-refractivity contribution < 1.29 is 4.74 Å². The van der Waals surface area contributed by atoms with E-state index >= 15 is 0 Å². The van der Waals surface area contributed by atoms with Crippen LogP contribution in [0.4, 0.5) is 0 Å². The fraction of sp³-hybridized carbons (Fsp3) is 1.00. The first-order valence-corrected chi connectivity index (χ1v) is 8.24. The molecular formula is C15H31NOS. The molecule has 0 spiro atoms. The third-order valence-corrected chi connectivity index (χ3v) is 4.66. The quantitative estimate of drug-likeness (QED) is 0.711. The summed E-state index contributed by atoms with van der Waals surface area (Å²) in [5.41, 5.74) is 0.413. The Balaban J connectivity index is 2.62. The second-order valence-corrected chi connectivity index (χ2v) is 6.24. The molecule has 0 bridgehead atoms.